The van der Waals surface area contributed by atoms with Crippen molar-refractivity contribution in [2.75, 3.05) is 19.4 Å². The van der Waals surface area contributed by atoms with E-state index in [4.69, 9.17) is 16.3 Å². The topological polar surface area (TPSA) is 86.1 Å². The first-order valence-corrected chi connectivity index (χ1v) is 11.5. The number of rotatable bonds is 9. The average Bonchev–Trinajstić information content (AvgIpc) is 3.14. The van der Waals surface area contributed by atoms with E-state index >= 15 is 0 Å². The zero-order chi connectivity index (χ0) is 22.4. The number of aromatic nitrogens is 3. The summed E-state index contributed by atoms with van der Waals surface area (Å²) in [6.45, 7) is 1.89. The van der Waals surface area contributed by atoms with Gasteiger partial charge in [-0.25, -0.2) is 0 Å². The molecule has 0 unspecified atom stereocenters. The summed E-state index contributed by atoms with van der Waals surface area (Å²) in [5.74, 6) is 1.35. The molecule has 0 radical (unpaired) electrons. The van der Waals surface area contributed by atoms with Gasteiger partial charge in [0.25, 0.3) is 0 Å². The van der Waals surface area contributed by atoms with E-state index in [0.29, 0.717) is 44.8 Å². The van der Waals surface area contributed by atoms with Crippen LogP contribution in [0.5, 0.6) is 5.75 Å². The Hall–Kier alpha value is -2.36. The number of carbonyl (C=O) groups is 2. The monoisotopic (exact) mass is 522 g/mol. The number of ether oxygens (including phenoxy) is 1. The summed E-state index contributed by atoms with van der Waals surface area (Å²) < 4.78 is 7.78. The van der Waals surface area contributed by atoms with Crippen molar-refractivity contribution in [2.45, 2.75) is 18.5 Å². The van der Waals surface area contributed by atoms with E-state index in [-0.39, 0.29) is 17.4 Å². The van der Waals surface area contributed by atoms with Gasteiger partial charge in [0.15, 0.2) is 10.9 Å². The van der Waals surface area contributed by atoms with Gasteiger partial charge in [0, 0.05) is 30.5 Å². The highest BCUT2D eigenvalue weighted by Crippen LogP contribution is 2.28. The van der Waals surface area contributed by atoms with Crippen LogP contribution in [0.4, 0.5) is 0 Å². The number of thioether (sulfide) groups is 1. The Balaban J connectivity index is 1.81. The van der Waals surface area contributed by atoms with Gasteiger partial charge in [0.1, 0.15) is 11.6 Å². The lowest BCUT2D eigenvalue weighted by Crippen LogP contribution is -2.23. The number of benzene rings is 2. The second-order valence-electron chi connectivity index (χ2n) is 6.51. The van der Waals surface area contributed by atoms with Crippen LogP contribution >= 0.6 is 39.3 Å². The summed E-state index contributed by atoms with van der Waals surface area (Å²) in [7, 11) is 1.57. The highest BCUT2D eigenvalue weighted by molar-refractivity contribution is 9.10. The fourth-order valence-corrected chi connectivity index (χ4v) is 4.42. The normalized spacial score (nSPS) is 10.7. The van der Waals surface area contributed by atoms with Gasteiger partial charge in [-0.15, -0.1) is 10.2 Å². The lowest BCUT2D eigenvalue weighted by atomic mass is 10.1. The van der Waals surface area contributed by atoms with Crippen LogP contribution < -0.4 is 10.1 Å². The Labute approximate surface area is 197 Å². The number of Topliss-reactive ketones (excluding diaryl/α,β-unsaturated/α-hetero) is 1. The number of ketones is 1. The van der Waals surface area contributed by atoms with Crippen LogP contribution in [0.2, 0.25) is 5.02 Å². The molecule has 0 fully saturated rings. The van der Waals surface area contributed by atoms with Gasteiger partial charge in [0.05, 0.1) is 23.0 Å². The highest BCUT2D eigenvalue weighted by Gasteiger charge is 2.17. The molecule has 0 spiro atoms. The molecule has 2 aromatic carbocycles. The molecule has 10 heteroatoms. The Bertz CT molecular complexity index is 1110. The Kier molecular flexibility index (Phi) is 8.11. The Morgan fingerprint density at radius 3 is 2.71 bits per heavy atom. The van der Waals surface area contributed by atoms with Crippen LogP contribution in [-0.2, 0) is 11.2 Å². The third kappa shape index (κ3) is 6.09. The predicted octanol–water partition coefficient (Wildman–Crippen LogP) is 4.35. The number of hydrogen-bond donors (Lipinski definition) is 1. The molecule has 3 rings (SSSR count). The van der Waals surface area contributed by atoms with E-state index in [1.165, 1.54) is 18.7 Å². The minimum atomic E-state index is -0.111. The number of hydrogen-bond acceptors (Lipinski definition) is 6. The van der Waals surface area contributed by atoms with E-state index < -0.39 is 0 Å². The van der Waals surface area contributed by atoms with Gasteiger partial charge in [0.2, 0.25) is 5.91 Å². The molecule has 31 heavy (non-hydrogen) atoms. The Morgan fingerprint density at radius 1 is 1.23 bits per heavy atom. The van der Waals surface area contributed by atoms with Crippen LogP contribution in [0.1, 0.15) is 23.1 Å². The maximum atomic E-state index is 12.7. The molecule has 1 heterocycles. The lowest BCUT2D eigenvalue weighted by molar-refractivity contribution is -0.118. The number of methoxy groups -OCH3 is 1. The molecule has 0 bridgehead atoms. The van der Waals surface area contributed by atoms with Crippen molar-refractivity contribution in [2.24, 2.45) is 0 Å². The standard InChI is InChI=1S/C21H20BrClN4O3S/c1-13(28)24-9-8-20-25-26-21(27(20)16-5-3-4-15(23)11-16)31-12-18(29)14-6-7-19(30-2)17(22)10-14/h3-7,10-11H,8-9,12H2,1-2H3,(H,24,28). The minimum Gasteiger partial charge on any atom is -0.496 e. The number of amides is 1. The van der Waals surface area contributed by atoms with Crippen LogP contribution in [-0.4, -0.2) is 45.9 Å². The van der Waals surface area contributed by atoms with Crippen LogP contribution in [0, 0.1) is 0 Å². The van der Waals surface area contributed by atoms with Crippen molar-refractivity contribution >= 4 is 51.0 Å². The first-order valence-electron chi connectivity index (χ1n) is 9.33. The molecule has 1 N–H and O–H groups in total. The largest absolute Gasteiger partial charge is 0.496 e. The molecule has 1 aromatic heterocycles. The number of carbonyl (C=O) groups excluding carboxylic acids is 2. The maximum Gasteiger partial charge on any atom is 0.216 e. The quantitative estimate of drug-likeness (QED) is 0.332. The molecule has 3 aromatic rings. The van der Waals surface area contributed by atoms with Crippen molar-refractivity contribution < 1.29 is 14.3 Å². The van der Waals surface area contributed by atoms with E-state index in [9.17, 15) is 9.59 Å². The third-order valence-corrected chi connectivity index (χ3v) is 6.08. The molecular weight excluding hydrogens is 504 g/mol. The molecule has 0 atom stereocenters. The summed E-state index contributed by atoms with van der Waals surface area (Å²) in [6, 6.07) is 12.5. The first kappa shape index (κ1) is 23.3. The molecule has 7 nitrogen and oxygen atoms in total. The maximum absolute atomic E-state index is 12.7. The number of nitrogens with zero attached hydrogens (tertiary/aromatic N) is 3. The smallest absolute Gasteiger partial charge is 0.216 e. The molecule has 0 aliphatic carbocycles. The Morgan fingerprint density at radius 2 is 2.03 bits per heavy atom. The minimum absolute atomic E-state index is 0.0474. The van der Waals surface area contributed by atoms with Gasteiger partial charge in [-0.05, 0) is 52.3 Å². The van der Waals surface area contributed by atoms with Crippen molar-refractivity contribution in [3.8, 4) is 11.4 Å². The molecule has 0 saturated carbocycles. The molecular formula is C21H20BrClN4O3S. The molecule has 162 valence electrons. The molecule has 0 saturated heterocycles. The van der Waals surface area contributed by atoms with Crippen molar-refractivity contribution in [1.29, 1.82) is 0 Å². The summed E-state index contributed by atoms with van der Waals surface area (Å²) in [6.07, 6.45) is 0.485. The van der Waals surface area contributed by atoms with Gasteiger partial charge in [-0.3, -0.25) is 14.2 Å². The fraction of sp³-hybridized carbons (Fsp3) is 0.238. The van der Waals surface area contributed by atoms with Crippen molar-refractivity contribution in [3.05, 3.63) is 63.3 Å². The van der Waals surface area contributed by atoms with Gasteiger partial charge >= 0.3 is 0 Å². The fourth-order valence-electron chi connectivity index (χ4n) is 2.83. The predicted molar refractivity (Wildman–Crippen MR) is 125 cm³/mol. The summed E-state index contributed by atoms with van der Waals surface area (Å²) in [4.78, 5) is 23.9. The van der Waals surface area contributed by atoms with Gasteiger partial charge in [-0.1, -0.05) is 29.4 Å². The van der Waals surface area contributed by atoms with Crippen molar-refractivity contribution in [1.82, 2.24) is 20.1 Å². The summed E-state index contributed by atoms with van der Waals surface area (Å²) in [5.41, 5.74) is 1.36. The third-order valence-electron chi connectivity index (χ3n) is 4.30. The van der Waals surface area contributed by atoms with E-state index in [0.717, 1.165) is 5.69 Å². The summed E-state index contributed by atoms with van der Waals surface area (Å²) >= 11 is 10.9. The van der Waals surface area contributed by atoms with E-state index in [2.05, 4.69) is 31.4 Å². The van der Waals surface area contributed by atoms with Crippen molar-refractivity contribution in [3.63, 3.8) is 0 Å². The molecule has 1 amide bonds. The first-order chi connectivity index (χ1) is 14.9. The van der Waals surface area contributed by atoms with Gasteiger partial charge in [-0.2, -0.15) is 0 Å². The second kappa shape index (κ2) is 10.8. The number of nitrogens with one attached hydrogen (secondary N) is 1. The van der Waals surface area contributed by atoms with E-state index in [1.807, 2.05) is 16.7 Å². The van der Waals surface area contributed by atoms with Gasteiger partial charge < -0.3 is 10.1 Å². The van der Waals surface area contributed by atoms with Crippen LogP contribution in [0.15, 0.2) is 52.1 Å². The molecule has 0 aliphatic rings. The second-order valence-corrected chi connectivity index (χ2v) is 8.74. The zero-order valence-electron chi connectivity index (χ0n) is 16.9. The SMILES string of the molecule is COc1ccc(C(=O)CSc2nnc(CCNC(C)=O)n2-c2cccc(Cl)c2)cc1Br. The van der Waals surface area contributed by atoms with E-state index in [1.54, 1.807) is 37.4 Å². The zero-order valence-corrected chi connectivity index (χ0v) is 20.1. The van der Waals surface area contributed by atoms with Crippen LogP contribution in [0.25, 0.3) is 5.69 Å². The summed E-state index contributed by atoms with van der Waals surface area (Å²) in [5, 5.41) is 12.4. The average molecular weight is 524 g/mol. The van der Waals surface area contributed by atoms with Crippen LogP contribution in [0.3, 0.4) is 0 Å². The lowest BCUT2D eigenvalue weighted by Gasteiger charge is -2.11. The number of halogens is 2. The molecule has 0 aliphatic heterocycles. The highest BCUT2D eigenvalue weighted by atomic mass is 79.9.